The second kappa shape index (κ2) is 8.81. The summed E-state index contributed by atoms with van der Waals surface area (Å²) in [7, 11) is -4.09. The minimum Gasteiger partial charge on any atom is -0.376 e. The predicted molar refractivity (Wildman–Crippen MR) is 96.1 cm³/mol. The maximum atomic E-state index is 13.9. The molecule has 0 radical (unpaired) electrons. The predicted octanol–water partition coefficient (Wildman–Crippen LogP) is 1.38. The standard InChI is InChI=1S/C18H24F2N2O5S/c1-13(27-12-15-3-2-10-26-15)18(23)21-6-8-22(9-7-21)28(24,25)17-5-4-14(19)11-16(17)20/h4-5,11,13,15H,2-3,6-10,12H2,1H3. The van der Waals surface area contributed by atoms with E-state index in [-0.39, 0.29) is 38.2 Å². The molecule has 2 atom stereocenters. The van der Waals surface area contributed by atoms with Crippen LogP contribution in [0.25, 0.3) is 0 Å². The molecule has 2 aliphatic rings. The minimum absolute atomic E-state index is 0.0165. The highest BCUT2D eigenvalue weighted by atomic mass is 32.2. The molecule has 1 aromatic carbocycles. The van der Waals surface area contributed by atoms with E-state index in [2.05, 4.69) is 0 Å². The summed E-state index contributed by atoms with van der Waals surface area (Å²) in [6.07, 6.45) is 1.27. The number of benzene rings is 1. The van der Waals surface area contributed by atoms with E-state index in [0.717, 1.165) is 29.3 Å². The Balaban J connectivity index is 1.55. The third-order valence-electron chi connectivity index (χ3n) is 4.97. The van der Waals surface area contributed by atoms with Gasteiger partial charge in [-0.25, -0.2) is 17.2 Å². The number of piperazine rings is 1. The number of sulfonamides is 1. The van der Waals surface area contributed by atoms with E-state index in [9.17, 15) is 22.0 Å². The Morgan fingerprint density at radius 3 is 2.61 bits per heavy atom. The highest BCUT2D eigenvalue weighted by Gasteiger charge is 2.33. The van der Waals surface area contributed by atoms with E-state index in [1.807, 2.05) is 0 Å². The molecule has 2 heterocycles. The smallest absolute Gasteiger partial charge is 0.251 e. The Morgan fingerprint density at radius 2 is 2.00 bits per heavy atom. The van der Waals surface area contributed by atoms with Gasteiger partial charge in [-0.3, -0.25) is 4.79 Å². The zero-order chi connectivity index (χ0) is 20.3. The molecule has 7 nitrogen and oxygen atoms in total. The van der Waals surface area contributed by atoms with Crippen molar-refractivity contribution in [3.05, 3.63) is 29.8 Å². The molecule has 2 fully saturated rings. The van der Waals surface area contributed by atoms with Gasteiger partial charge < -0.3 is 14.4 Å². The van der Waals surface area contributed by atoms with Crippen molar-refractivity contribution in [3.63, 3.8) is 0 Å². The lowest BCUT2D eigenvalue weighted by atomic mass is 10.2. The molecule has 2 unspecified atom stereocenters. The molecule has 0 saturated carbocycles. The number of hydrogen-bond donors (Lipinski definition) is 0. The van der Waals surface area contributed by atoms with Crippen LogP contribution in [0.15, 0.2) is 23.1 Å². The molecule has 3 rings (SSSR count). The molecule has 0 aliphatic carbocycles. The Kier molecular flexibility index (Phi) is 6.64. The number of halogens is 2. The highest BCUT2D eigenvalue weighted by molar-refractivity contribution is 7.89. The lowest BCUT2D eigenvalue weighted by Crippen LogP contribution is -2.53. The lowest BCUT2D eigenvalue weighted by molar-refractivity contribution is -0.145. The first kappa shape index (κ1) is 21.1. The summed E-state index contributed by atoms with van der Waals surface area (Å²) < 4.78 is 64.3. The van der Waals surface area contributed by atoms with E-state index in [1.54, 1.807) is 6.92 Å². The molecule has 28 heavy (non-hydrogen) atoms. The minimum atomic E-state index is -4.09. The molecule has 1 amide bonds. The highest BCUT2D eigenvalue weighted by Crippen LogP contribution is 2.22. The van der Waals surface area contributed by atoms with Crippen LogP contribution in [-0.4, -0.2) is 75.1 Å². The first-order valence-electron chi connectivity index (χ1n) is 9.26. The number of amides is 1. The number of carbonyl (C=O) groups excluding carboxylic acids is 1. The topological polar surface area (TPSA) is 76.2 Å². The maximum absolute atomic E-state index is 13.9. The molecule has 0 bridgehead atoms. The molecular formula is C18H24F2N2O5S. The number of rotatable bonds is 6. The average molecular weight is 418 g/mol. The van der Waals surface area contributed by atoms with Gasteiger partial charge in [0.1, 0.15) is 22.6 Å². The van der Waals surface area contributed by atoms with Crippen molar-refractivity contribution in [1.82, 2.24) is 9.21 Å². The van der Waals surface area contributed by atoms with E-state index >= 15 is 0 Å². The zero-order valence-corrected chi connectivity index (χ0v) is 16.5. The van der Waals surface area contributed by atoms with Crippen LogP contribution in [0, 0.1) is 11.6 Å². The van der Waals surface area contributed by atoms with Crippen LogP contribution in [0.3, 0.4) is 0 Å². The first-order valence-corrected chi connectivity index (χ1v) is 10.7. The van der Waals surface area contributed by atoms with Gasteiger partial charge in [-0.1, -0.05) is 0 Å². The Morgan fingerprint density at radius 1 is 1.29 bits per heavy atom. The van der Waals surface area contributed by atoms with Gasteiger partial charge in [0.05, 0.1) is 12.7 Å². The fourth-order valence-electron chi connectivity index (χ4n) is 3.33. The number of ether oxygens (including phenoxy) is 2. The number of nitrogens with zero attached hydrogens (tertiary/aromatic N) is 2. The Bertz CT molecular complexity index is 806. The van der Waals surface area contributed by atoms with E-state index in [4.69, 9.17) is 9.47 Å². The Hall–Kier alpha value is -1.62. The summed E-state index contributed by atoms with van der Waals surface area (Å²) in [5, 5.41) is 0. The average Bonchev–Trinajstić information content (AvgIpc) is 3.19. The van der Waals surface area contributed by atoms with Crippen LogP contribution >= 0.6 is 0 Å². The van der Waals surface area contributed by atoms with Gasteiger partial charge in [-0.05, 0) is 31.9 Å². The fraction of sp³-hybridized carbons (Fsp3) is 0.611. The van der Waals surface area contributed by atoms with Crippen molar-refractivity contribution < 1.29 is 31.5 Å². The number of hydrogen-bond acceptors (Lipinski definition) is 5. The van der Waals surface area contributed by atoms with Crippen molar-refractivity contribution in [3.8, 4) is 0 Å². The van der Waals surface area contributed by atoms with E-state index in [0.29, 0.717) is 19.3 Å². The number of carbonyl (C=O) groups is 1. The summed E-state index contributed by atoms with van der Waals surface area (Å²) in [5.74, 6) is -2.19. The van der Waals surface area contributed by atoms with Crippen LogP contribution in [0.4, 0.5) is 8.78 Å². The van der Waals surface area contributed by atoms with Crippen molar-refractivity contribution in [2.45, 2.75) is 36.9 Å². The first-order chi connectivity index (χ1) is 13.3. The summed E-state index contributed by atoms with van der Waals surface area (Å²) in [6.45, 7) is 3.14. The van der Waals surface area contributed by atoms with Crippen molar-refractivity contribution in [2.24, 2.45) is 0 Å². The SMILES string of the molecule is CC(OCC1CCCO1)C(=O)N1CCN(S(=O)(=O)c2ccc(F)cc2F)CC1. The quantitative estimate of drug-likeness (QED) is 0.698. The summed E-state index contributed by atoms with van der Waals surface area (Å²) in [5.41, 5.74) is 0. The Labute approximate surface area is 163 Å². The normalized spacial score (nSPS) is 22.4. The van der Waals surface area contributed by atoms with Gasteiger partial charge in [0.25, 0.3) is 5.91 Å². The second-order valence-corrected chi connectivity index (χ2v) is 8.82. The van der Waals surface area contributed by atoms with Crippen molar-refractivity contribution in [2.75, 3.05) is 39.4 Å². The molecular weight excluding hydrogens is 394 g/mol. The fourth-order valence-corrected chi connectivity index (χ4v) is 4.80. The molecule has 2 aliphatic heterocycles. The van der Waals surface area contributed by atoms with Crippen LogP contribution in [-0.2, 0) is 24.3 Å². The summed E-state index contributed by atoms with van der Waals surface area (Å²) >= 11 is 0. The van der Waals surface area contributed by atoms with Gasteiger partial charge in [0.2, 0.25) is 10.0 Å². The van der Waals surface area contributed by atoms with Gasteiger partial charge in [-0.2, -0.15) is 4.31 Å². The molecule has 1 aromatic rings. The van der Waals surface area contributed by atoms with Crippen LogP contribution < -0.4 is 0 Å². The van der Waals surface area contributed by atoms with Crippen molar-refractivity contribution in [1.29, 1.82) is 0 Å². The van der Waals surface area contributed by atoms with E-state index in [1.165, 1.54) is 4.90 Å². The lowest BCUT2D eigenvalue weighted by Gasteiger charge is -2.35. The molecule has 0 spiro atoms. The molecule has 156 valence electrons. The molecule has 0 N–H and O–H groups in total. The summed E-state index contributed by atoms with van der Waals surface area (Å²) in [4.78, 5) is 13.5. The third kappa shape index (κ3) is 4.68. The van der Waals surface area contributed by atoms with Crippen LogP contribution in [0.2, 0.25) is 0 Å². The zero-order valence-electron chi connectivity index (χ0n) is 15.6. The molecule has 0 aromatic heterocycles. The van der Waals surface area contributed by atoms with Gasteiger partial charge in [0, 0.05) is 38.9 Å². The molecule has 10 heteroatoms. The molecule has 2 saturated heterocycles. The third-order valence-corrected chi connectivity index (χ3v) is 6.90. The monoisotopic (exact) mass is 418 g/mol. The van der Waals surface area contributed by atoms with Crippen molar-refractivity contribution >= 4 is 15.9 Å². The maximum Gasteiger partial charge on any atom is 0.251 e. The van der Waals surface area contributed by atoms with Crippen LogP contribution in [0.1, 0.15) is 19.8 Å². The van der Waals surface area contributed by atoms with E-state index < -0.39 is 32.7 Å². The van der Waals surface area contributed by atoms with Gasteiger partial charge in [-0.15, -0.1) is 0 Å². The second-order valence-electron chi connectivity index (χ2n) is 6.91. The van der Waals surface area contributed by atoms with Crippen LogP contribution in [0.5, 0.6) is 0 Å². The van der Waals surface area contributed by atoms with Gasteiger partial charge >= 0.3 is 0 Å². The largest absolute Gasteiger partial charge is 0.376 e. The summed E-state index contributed by atoms with van der Waals surface area (Å²) in [6, 6.07) is 2.36. The van der Waals surface area contributed by atoms with Gasteiger partial charge in [0.15, 0.2) is 0 Å².